The fourth-order valence-electron chi connectivity index (χ4n) is 3.44. The summed E-state index contributed by atoms with van der Waals surface area (Å²) in [6.45, 7) is 2.22. The van der Waals surface area contributed by atoms with E-state index < -0.39 is 17.5 Å². The predicted octanol–water partition coefficient (Wildman–Crippen LogP) is 3.07. The first-order valence-corrected chi connectivity index (χ1v) is 9.72. The largest absolute Gasteiger partial charge is 0.350 e. The van der Waals surface area contributed by atoms with Gasteiger partial charge < -0.3 is 15.1 Å². The molecule has 0 aliphatic carbocycles. The summed E-state index contributed by atoms with van der Waals surface area (Å²) in [6, 6.07) is 1.88. The number of hydrogen-bond donors (Lipinski definition) is 1. The van der Waals surface area contributed by atoms with Crippen LogP contribution >= 0.6 is 0 Å². The monoisotopic (exact) mass is 443 g/mol. The van der Waals surface area contributed by atoms with Crippen LogP contribution in [0.15, 0.2) is 42.5 Å². The number of halogens is 3. The lowest BCUT2D eigenvalue weighted by atomic mass is 10.2. The molecule has 1 aliphatic heterocycles. The molecule has 0 bridgehead atoms. The van der Waals surface area contributed by atoms with Gasteiger partial charge in [0.1, 0.15) is 11.4 Å². The van der Waals surface area contributed by atoms with E-state index in [1.165, 1.54) is 9.58 Å². The first kappa shape index (κ1) is 21.3. The maximum atomic E-state index is 13.4. The van der Waals surface area contributed by atoms with E-state index in [1.807, 2.05) is 0 Å². The molecule has 0 spiro atoms. The third kappa shape index (κ3) is 3.88. The number of aromatic nitrogens is 4. The molecule has 4 rings (SSSR count). The molecule has 3 heterocycles. The minimum absolute atomic E-state index is 0.0841. The number of rotatable bonds is 5. The van der Waals surface area contributed by atoms with Crippen molar-refractivity contribution in [2.75, 3.05) is 29.2 Å². The number of nitrogens with one attached hydrogen (secondary N) is 1. The Morgan fingerprint density at radius 1 is 1.06 bits per heavy atom. The Morgan fingerprint density at radius 3 is 2.47 bits per heavy atom. The van der Waals surface area contributed by atoms with Gasteiger partial charge in [0.15, 0.2) is 23.3 Å². The fraction of sp³-hybridized carbons (Fsp3) is 0.238. The Morgan fingerprint density at radius 2 is 1.78 bits per heavy atom. The second-order valence-corrected chi connectivity index (χ2v) is 7.27. The van der Waals surface area contributed by atoms with Crippen molar-refractivity contribution in [3.63, 3.8) is 0 Å². The summed E-state index contributed by atoms with van der Waals surface area (Å²) in [7, 11) is 3.43. The van der Waals surface area contributed by atoms with E-state index >= 15 is 0 Å². The Kier molecular flexibility index (Phi) is 5.56. The maximum absolute atomic E-state index is 13.4. The zero-order valence-corrected chi connectivity index (χ0v) is 17.6. The van der Waals surface area contributed by atoms with Crippen molar-refractivity contribution in [3.8, 4) is 0 Å². The highest BCUT2D eigenvalue weighted by atomic mass is 19.2. The molecule has 1 N–H and O–H groups in total. The van der Waals surface area contributed by atoms with Crippen LogP contribution < -0.4 is 15.1 Å². The van der Waals surface area contributed by atoms with Crippen LogP contribution in [0.25, 0.3) is 0 Å². The van der Waals surface area contributed by atoms with Crippen LogP contribution in [0, 0.1) is 17.5 Å². The molecule has 1 aliphatic rings. The van der Waals surface area contributed by atoms with E-state index in [0.717, 1.165) is 17.7 Å². The highest BCUT2D eigenvalue weighted by molar-refractivity contribution is 6.12. The number of allylic oxidation sites excluding steroid dienone is 1. The van der Waals surface area contributed by atoms with Crippen molar-refractivity contribution in [1.82, 2.24) is 19.7 Å². The standard InChI is InChI=1S/C21H20F3N7O/c1-4-16-20(32)30(3)17-9-26-21(28-19(17)29(16)2)25-7-13-8-27-31(11-13)10-12-5-14(22)18(24)15(23)6-12/h4-6,8-9,11H,7,10H2,1-3H3,(H,25,26,28)/b16-4-. The fourth-order valence-corrected chi connectivity index (χ4v) is 3.44. The van der Waals surface area contributed by atoms with Gasteiger partial charge in [0, 0.05) is 32.4 Å². The van der Waals surface area contributed by atoms with Crippen molar-refractivity contribution in [2.24, 2.45) is 0 Å². The smallest absolute Gasteiger partial charge is 0.274 e. The normalized spacial score (nSPS) is 14.8. The maximum Gasteiger partial charge on any atom is 0.274 e. The van der Waals surface area contributed by atoms with Gasteiger partial charge in [-0.1, -0.05) is 6.08 Å². The van der Waals surface area contributed by atoms with Crippen molar-refractivity contribution in [2.45, 2.75) is 20.0 Å². The third-order valence-corrected chi connectivity index (χ3v) is 5.11. The van der Waals surface area contributed by atoms with Gasteiger partial charge in [-0.3, -0.25) is 9.48 Å². The Balaban J connectivity index is 1.46. The predicted molar refractivity (Wildman–Crippen MR) is 113 cm³/mol. The first-order chi connectivity index (χ1) is 15.3. The molecule has 3 aromatic rings. The molecular formula is C21H20F3N7O. The van der Waals surface area contributed by atoms with Crippen LogP contribution in [0.3, 0.4) is 0 Å². The van der Waals surface area contributed by atoms with Crippen LogP contribution in [0.5, 0.6) is 0 Å². The molecule has 32 heavy (non-hydrogen) atoms. The number of likely N-dealkylation sites (N-methyl/N-ethyl adjacent to an activating group) is 2. The van der Waals surface area contributed by atoms with Crippen molar-refractivity contribution < 1.29 is 18.0 Å². The van der Waals surface area contributed by atoms with Gasteiger partial charge in [-0.25, -0.2) is 18.2 Å². The third-order valence-electron chi connectivity index (χ3n) is 5.11. The molecule has 1 aromatic carbocycles. The molecule has 166 valence electrons. The summed E-state index contributed by atoms with van der Waals surface area (Å²) in [5, 5.41) is 7.26. The molecule has 0 fully saturated rings. The molecule has 0 saturated heterocycles. The van der Waals surface area contributed by atoms with Crippen molar-refractivity contribution in [1.29, 1.82) is 0 Å². The summed E-state index contributed by atoms with van der Waals surface area (Å²) in [5.74, 6) is -3.15. The summed E-state index contributed by atoms with van der Waals surface area (Å²) in [6.07, 6.45) is 6.59. The zero-order valence-electron chi connectivity index (χ0n) is 17.6. The number of carbonyl (C=O) groups is 1. The highest BCUT2D eigenvalue weighted by Crippen LogP contribution is 2.34. The first-order valence-electron chi connectivity index (χ1n) is 9.72. The molecule has 8 nitrogen and oxygen atoms in total. The number of hydrogen-bond acceptors (Lipinski definition) is 6. The average Bonchev–Trinajstić information content (AvgIpc) is 3.22. The van der Waals surface area contributed by atoms with E-state index in [0.29, 0.717) is 29.7 Å². The molecule has 11 heteroatoms. The van der Waals surface area contributed by atoms with E-state index in [2.05, 4.69) is 20.4 Å². The van der Waals surface area contributed by atoms with Crippen LogP contribution in [0.4, 0.5) is 30.6 Å². The molecule has 0 atom stereocenters. The lowest BCUT2D eigenvalue weighted by Crippen LogP contribution is -2.40. The van der Waals surface area contributed by atoms with Gasteiger partial charge in [-0.2, -0.15) is 10.1 Å². The molecular weight excluding hydrogens is 423 g/mol. The van der Waals surface area contributed by atoms with Gasteiger partial charge in [-0.05, 0) is 24.6 Å². The second kappa shape index (κ2) is 8.33. The van der Waals surface area contributed by atoms with E-state index in [4.69, 9.17) is 0 Å². The highest BCUT2D eigenvalue weighted by Gasteiger charge is 2.31. The van der Waals surface area contributed by atoms with Crippen LogP contribution in [0.1, 0.15) is 18.1 Å². The lowest BCUT2D eigenvalue weighted by molar-refractivity contribution is -0.115. The van der Waals surface area contributed by atoms with Crippen LogP contribution in [-0.2, 0) is 17.9 Å². The number of nitrogens with zero attached hydrogens (tertiary/aromatic N) is 6. The Bertz CT molecular complexity index is 1200. The Labute approximate surface area is 182 Å². The van der Waals surface area contributed by atoms with Gasteiger partial charge in [0.2, 0.25) is 5.95 Å². The number of anilines is 3. The molecule has 0 saturated carbocycles. The molecule has 2 aromatic heterocycles. The zero-order chi connectivity index (χ0) is 23.0. The summed E-state index contributed by atoms with van der Waals surface area (Å²) in [5.41, 5.74) is 2.15. The van der Waals surface area contributed by atoms with Gasteiger partial charge in [0.05, 0.1) is 18.9 Å². The van der Waals surface area contributed by atoms with Gasteiger partial charge in [-0.15, -0.1) is 0 Å². The summed E-state index contributed by atoms with van der Waals surface area (Å²) in [4.78, 5) is 24.4. The second-order valence-electron chi connectivity index (χ2n) is 7.27. The minimum Gasteiger partial charge on any atom is -0.350 e. The van der Waals surface area contributed by atoms with Crippen LogP contribution in [-0.4, -0.2) is 39.8 Å². The quantitative estimate of drug-likeness (QED) is 0.482. The summed E-state index contributed by atoms with van der Waals surface area (Å²) < 4.78 is 41.4. The number of fused-ring (bicyclic) bond motifs is 1. The van der Waals surface area contributed by atoms with Gasteiger partial charge in [0.25, 0.3) is 5.91 Å². The number of carbonyl (C=O) groups excluding carboxylic acids is 1. The lowest BCUT2D eigenvalue weighted by Gasteiger charge is -2.33. The average molecular weight is 443 g/mol. The number of amides is 1. The minimum atomic E-state index is -1.49. The summed E-state index contributed by atoms with van der Waals surface area (Å²) >= 11 is 0. The Hall–Kier alpha value is -3.89. The van der Waals surface area contributed by atoms with E-state index in [-0.39, 0.29) is 18.0 Å². The van der Waals surface area contributed by atoms with Crippen molar-refractivity contribution in [3.05, 3.63) is 71.1 Å². The van der Waals surface area contributed by atoms with E-state index in [1.54, 1.807) is 50.6 Å². The van der Waals surface area contributed by atoms with Crippen LogP contribution in [0.2, 0.25) is 0 Å². The van der Waals surface area contributed by atoms with Gasteiger partial charge >= 0.3 is 0 Å². The SMILES string of the molecule is C/C=C1/C(=O)N(C)c2cnc(NCc3cnn(Cc4cc(F)c(F)c(F)c4)c3)nc2N1C. The van der Waals surface area contributed by atoms with E-state index in [9.17, 15) is 18.0 Å². The molecule has 1 amide bonds. The molecule has 0 radical (unpaired) electrons. The van der Waals surface area contributed by atoms with Crippen molar-refractivity contribution >= 4 is 23.4 Å². The number of benzene rings is 1. The molecule has 0 unspecified atom stereocenters. The topological polar surface area (TPSA) is 79.2 Å².